The van der Waals surface area contributed by atoms with Crippen LogP contribution in [0.25, 0.3) is 0 Å². The summed E-state index contributed by atoms with van der Waals surface area (Å²) in [5.41, 5.74) is 0.0288. The number of hydrogen-bond acceptors (Lipinski definition) is 2. The minimum Gasteiger partial charge on any atom is -0.329 e. The molecule has 2 unspecified atom stereocenters. The van der Waals surface area contributed by atoms with Crippen molar-refractivity contribution in [3.8, 4) is 0 Å². The quantitative estimate of drug-likeness (QED) is 0.712. The van der Waals surface area contributed by atoms with Crippen molar-refractivity contribution >= 4 is 11.8 Å². The van der Waals surface area contributed by atoms with Gasteiger partial charge < -0.3 is 9.80 Å². The van der Waals surface area contributed by atoms with E-state index in [9.17, 15) is 9.59 Å². The third-order valence-corrected chi connectivity index (χ3v) is 3.82. The smallest absolute Gasteiger partial charge is 0.246 e. The Hall–Kier alpha value is -1.06. The SMILES string of the molecule is CC1C(=O)N2CCCCC2C(=O)N1CC(C)(C)C. The average molecular weight is 252 g/mol. The van der Waals surface area contributed by atoms with Crippen molar-refractivity contribution < 1.29 is 9.59 Å². The molecule has 0 spiro atoms. The first-order valence-corrected chi connectivity index (χ1v) is 6.92. The molecule has 4 nitrogen and oxygen atoms in total. The zero-order chi connectivity index (χ0) is 13.5. The summed E-state index contributed by atoms with van der Waals surface area (Å²) < 4.78 is 0. The number of piperazine rings is 1. The molecule has 2 fully saturated rings. The van der Waals surface area contributed by atoms with Gasteiger partial charge in [-0.25, -0.2) is 0 Å². The largest absolute Gasteiger partial charge is 0.329 e. The highest BCUT2D eigenvalue weighted by Gasteiger charge is 2.45. The normalized spacial score (nSPS) is 29.6. The summed E-state index contributed by atoms with van der Waals surface area (Å²) in [6, 6.07) is -0.490. The van der Waals surface area contributed by atoms with Gasteiger partial charge in [0, 0.05) is 13.1 Å². The molecule has 2 saturated heterocycles. The van der Waals surface area contributed by atoms with E-state index in [4.69, 9.17) is 0 Å². The fourth-order valence-electron chi connectivity index (χ4n) is 2.93. The van der Waals surface area contributed by atoms with Crippen LogP contribution in [-0.4, -0.2) is 46.8 Å². The Morgan fingerprint density at radius 3 is 2.44 bits per heavy atom. The van der Waals surface area contributed by atoms with Crippen LogP contribution in [0.1, 0.15) is 47.0 Å². The lowest BCUT2D eigenvalue weighted by molar-refractivity contribution is -0.164. The highest BCUT2D eigenvalue weighted by molar-refractivity contribution is 5.96. The monoisotopic (exact) mass is 252 g/mol. The number of rotatable bonds is 1. The zero-order valence-electron chi connectivity index (χ0n) is 11.9. The highest BCUT2D eigenvalue weighted by Crippen LogP contribution is 2.28. The molecular formula is C14H24N2O2. The zero-order valence-corrected chi connectivity index (χ0v) is 11.9. The Bertz CT molecular complexity index is 359. The first-order chi connectivity index (χ1) is 8.31. The summed E-state index contributed by atoms with van der Waals surface area (Å²) in [6.07, 6.45) is 2.91. The third kappa shape index (κ3) is 2.38. The van der Waals surface area contributed by atoms with E-state index in [1.807, 2.05) is 6.92 Å². The van der Waals surface area contributed by atoms with Crippen molar-refractivity contribution in [3.05, 3.63) is 0 Å². The van der Waals surface area contributed by atoms with Crippen LogP contribution in [-0.2, 0) is 9.59 Å². The molecule has 2 heterocycles. The summed E-state index contributed by atoms with van der Waals surface area (Å²) in [4.78, 5) is 28.4. The second-order valence-corrected chi connectivity index (χ2v) is 6.75. The number of carbonyl (C=O) groups is 2. The van der Waals surface area contributed by atoms with E-state index < -0.39 is 0 Å². The molecule has 0 aromatic rings. The second kappa shape index (κ2) is 4.56. The number of amides is 2. The van der Waals surface area contributed by atoms with E-state index in [0.29, 0.717) is 6.54 Å². The molecule has 18 heavy (non-hydrogen) atoms. The van der Waals surface area contributed by atoms with Gasteiger partial charge in [0.25, 0.3) is 0 Å². The standard InChI is InChI=1S/C14H24N2O2/c1-10-12(17)15-8-6-5-7-11(15)13(18)16(10)9-14(2,3)4/h10-11H,5-9H2,1-4H3. The minimum atomic E-state index is -0.300. The van der Waals surface area contributed by atoms with E-state index in [1.165, 1.54) is 0 Å². The van der Waals surface area contributed by atoms with Crippen molar-refractivity contribution in [1.82, 2.24) is 9.80 Å². The molecule has 2 aliphatic rings. The van der Waals surface area contributed by atoms with Crippen LogP contribution in [0, 0.1) is 5.41 Å². The molecule has 102 valence electrons. The fraction of sp³-hybridized carbons (Fsp3) is 0.857. The maximum Gasteiger partial charge on any atom is 0.246 e. The molecule has 0 N–H and O–H groups in total. The van der Waals surface area contributed by atoms with Crippen LogP contribution in [0.4, 0.5) is 0 Å². The number of hydrogen-bond donors (Lipinski definition) is 0. The Balaban J connectivity index is 2.21. The molecule has 0 aromatic heterocycles. The van der Waals surface area contributed by atoms with Gasteiger partial charge in [0.2, 0.25) is 11.8 Å². The molecule has 0 bridgehead atoms. The lowest BCUT2D eigenvalue weighted by Gasteiger charge is -2.47. The summed E-state index contributed by atoms with van der Waals surface area (Å²) >= 11 is 0. The Morgan fingerprint density at radius 2 is 1.83 bits per heavy atom. The number of piperidine rings is 1. The summed E-state index contributed by atoms with van der Waals surface area (Å²) in [7, 11) is 0. The van der Waals surface area contributed by atoms with Gasteiger partial charge in [-0.3, -0.25) is 9.59 Å². The average Bonchev–Trinajstić information content (AvgIpc) is 2.31. The first-order valence-electron chi connectivity index (χ1n) is 6.92. The Morgan fingerprint density at radius 1 is 1.17 bits per heavy atom. The van der Waals surface area contributed by atoms with E-state index in [2.05, 4.69) is 20.8 Å². The Labute approximate surface area is 109 Å². The predicted octanol–water partition coefficient (Wildman–Crippen LogP) is 1.64. The molecule has 0 aliphatic carbocycles. The number of carbonyl (C=O) groups excluding carboxylic acids is 2. The fourth-order valence-corrected chi connectivity index (χ4v) is 2.93. The van der Waals surface area contributed by atoms with Gasteiger partial charge in [0.05, 0.1) is 0 Å². The maximum atomic E-state index is 12.5. The molecule has 0 saturated carbocycles. The molecule has 0 radical (unpaired) electrons. The molecule has 0 aromatic carbocycles. The van der Waals surface area contributed by atoms with E-state index in [-0.39, 0.29) is 29.3 Å². The van der Waals surface area contributed by atoms with Gasteiger partial charge in [0.15, 0.2) is 0 Å². The van der Waals surface area contributed by atoms with Crippen LogP contribution >= 0.6 is 0 Å². The molecule has 2 atom stereocenters. The summed E-state index contributed by atoms with van der Waals surface area (Å²) in [6.45, 7) is 9.57. The van der Waals surface area contributed by atoms with Crippen LogP contribution in [0.15, 0.2) is 0 Å². The Kier molecular flexibility index (Phi) is 3.39. The van der Waals surface area contributed by atoms with Crippen LogP contribution < -0.4 is 0 Å². The van der Waals surface area contributed by atoms with Crippen LogP contribution in [0.3, 0.4) is 0 Å². The predicted molar refractivity (Wildman–Crippen MR) is 70.0 cm³/mol. The minimum absolute atomic E-state index is 0.0288. The van der Waals surface area contributed by atoms with Gasteiger partial charge in [-0.15, -0.1) is 0 Å². The van der Waals surface area contributed by atoms with Crippen molar-refractivity contribution in [3.63, 3.8) is 0 Å². The molecule has 4 heteroatoms. The van der Waals surface area contributed by atoms with Crippen molar-refractivity contribution in [2.45, 2.75) is 59.0 Å². The van der Waals surface area contributed by atoms with Crippen molar-refractivity contribution in [2.75, 3.05) is 13.1 Å². The van der Waals surface area contributed by atoms with Gasteiger partial charge >= 0.3 is 0 Å². The lowest BCUT2D eigenvalue weighted by atomic mass is 9.91. The highest BCUT2D eigenvalue weighted by atomic mass is 16.2. The topological polar surface area (TPSA) is 40.6 Å². The maximum absolute atomic E-state index is 12.5. The third-order valence-electron chi connectivity index (χ3n) is 3.82. The second-order valence-electron chi connectivity index (χ2n) is 6.75. The molecule has 2 rings (SSSR count). The van der Waals surface area contributed by atoms with Gasteiger partial charge in [0.1, 0.15) is 12.1 Å². The van der Waals surface area contributed by atoms with E-state index >= 15 is 0 Å². The lowest BCUT2D eigenvalue weighted by Crippen LogP contribution is -2.65. The van der Waals surface area contributed by atoms with E-state index in [1.54, 1.807) is 9.80 Å². The molecule has 2 aliphatic heterocycles. The van der Waals surface area contributed by atoms with Gasteiger partial charge in [-0.1, -0.05) is 20.8 Å². The van der Waals surface area contributed by atoms with E-state index in [0.717, 1.165) is 25.8 Å². The first kappa shape index (κ1) is 13.4. The number of nitrogens with zero attached hydrogens (tertiary/aromatic N) is 2. The molecular weight excluding hydrogens is 228 g/mol. The van der Waals surface area contributed by atoms with Crippen molar-refractivity contribution in [1.29, 1.82) is 0 Å². The van der Waals surface area contributed by atoms with Crippen LogP contribution in [0.5, 0.6) is 0 Å². The summed E-state index contributed by atoms with van der Waals surface area (Å²) in [5.74, 6) is 0.278. The number of fused-ring (bicyclic) bond motifs is 1. The summed E-state index contributed by atoms with van der Waals surface area (Å²) in [5, 5.41) is 0. The molecule has 2 amide bonds. The van der Waals surface area contributed by atoms with Gasteiger partial charge in [-0.05, 0) is 31.6 Å². The van der Waals surface area contributed by atoms with Crippen LogP contribution in [0.2, 0.25) is 0 Å². The van der Waals surface area contributed by atoms with Crippen molar-refractivity contribution in [2.24, 2.45) is 5.41 Å². The van der Waals surface area contributed by atoms with Gasteiger partial charge in [-0.2, -0.15) is 0 Å².